The Balaban J connectivity index is 2.87. The molecule has 0 spiro atoms. The first-order valence-electron chi connectivity index (χ1n) is 5.00. The highest BCUT2D eigenvalue weighted by Gasteiger charge is 2.10. The van der Waals surface area contributed by atoms with E-state index >= 15 is 0 Å². The van der Waals surface area contributed by atoms with Crippen LogP contribution >= 0.6 is 15.9 Å². The van der Waals surface area contributed by atoms with E-state index in [9.17, 15) is 4.79 Å². The van der Waals surface area contributed by atoms with E-state index in [1.165, 1.54) is 0 Å². The number of hydrogen-bond donors (Lipinski definition) is 0. The lowest BCUT2D eigenvalue weighted by molar-refractivity contribution is 0.0991. The van der Waals surface area contributed by atoms with Gasteiger partial charge in [-0.15, -0.1) is 0 Å². The van der Waals surface area contributed by atoms with Crippen LogP contribution in [0.1, 0.15) is 35.7 Å². The van der Waals surface area contributed by atoms with Crippen LogP contribution in [0.3, 0.4) is 0 Å². The van der Waals surface area contributed by atoms with E-state index in [0.29, 0.717) is 6.42 Å². The van der Waals surface area contributed by atoms with Gasteiger partial charge in [0.25, 0.3) is 0 Å². The number of Topliss-reactive ketones (excluding diaryl/α,β-unsaturated/α-hetero) is 1. The minimum absolute atomic E-state index is 0.133. The number of rotatable bonds is 4. The molecule has 0 unspecified atom stereocenters. The van der Waals surface area contributed by atoms with Gasteiger partial charge in [0, 0.05) is 16.5 Å². The molecule has 0 fully saturated rings. The van der Waals surface area contributed by atoms with Crippen molar-refractivity contribution in [3.63, 3.8) is 0 Å². The van der Waals surface area contributed by atoms with Gasteiger partial charge in [-0.1, -0.05) is 41.1 Å². The Morgan fingerprint density at radius 1 is 1.47 bits per heavy atom. The second kappa shape index (κ2) is 5.26. The number of ketones is 1. The van der Waals surface area contributed by atoms with E-state index in [-0.39, 0.29) is 5.78 Å². The van der Waals surface area contributed by atoms with Gasteiger partial charge >= 0.3 is 0 Å². The Bertz CT molecular complexity index is 394. The third-order valence-corrected chi connectivity index (χ3v) is 2.99. The van der Waals surface area contributed by atoms with Gasteiger partial charge in [-0.25, -0.2) is 0 Å². The van der Waals surface area contributed by atoms with Crippen LogP contribution in [-0.4, -0.2) is 5.78 Å². The zero-order chi connectivity index (χ0) is 11.4. The van der Waals surface area contributed by atoms with Crippen molar-refractivity contribution >= 4 is 21.7 Å². The fourth-order valence-electron chi connectivity index (χ4n) is 1.29. The predicted molar refractivity (Wildman–Crippen MR) is 67.3 cm³/mol. The summed E-state index contributed by atoms with van der Waals surface area (Å²) in [6.07, 6.45) is 1.30. The number of carbonyl (C=O) groups excluding carboxylic acids is 1. The third-order valence-electron chi connectivity index (χ3n) is 2.34. The molecule has 0 heterocycles. The molecule has 0 radical (unpaired) electrons. The number of aryl methyl sites for hydroxylation is 1. The summed E-state index contributed by atoms with van der Waals surface area (Å²) < 4.78 is 0.872. The smallest absolute Gasteiger partial charge is 0.168 e. The molecule has 0 aromatic heterocycles. The number of halogens is 1. The van der Waals surface area contributed by atoms with E-state index in [4.69, 9.17) is 0 Å². The fraction of sp³-hybridized carbons (Fsp3) is 0.308. The van der Waals surface area contributed by atoms with Crippen LogP contribution in [-0.2, 0) is 0 Å². The van der Waals surface area contributed by atoms with Crippen molar-refractivity contribution < 1.29 is 4.79 Å². The van der Waals surface area contributed by atoms with Gasteiger partial charge in [-0.2, -0.15) is 0 Å². The first kappa shape index (κ1) is 12.2. The molecule has 0 saturated heterocycles. The minimum Gasteiger partial charge on any atom is -0.294 e. The number of carbonyl (C=O) groups is 1. The van der Waals surface area contributed by atoms with Crippen molar-refractivity contribution in [1.82, 2.24) is 0 Å². The molecular formula is C13H15BrO. The van der Waals surface area contributed by atoms with E-state index in [1.807, 2.05) is 32.0 Å². The minimum atomic E-state index is 0.133. The molecule has 0 aliphatic carbocycles. The first-order valence-corrected chi connectivity index (χ1v) is 5.80. The van der Waals surface area contributed by atoms with Crippen LogP contribution in [0, 0.1) is 6.92 Å². The molecule has 2 heteroatoms. The third kappa shape index (κ3) is 3.31. The average molecular weight is 267 g/mol. The molecule has 0 aliphatic rings. The summed E-state index contributed by atoms with van der Waals surface area (Å²) in [5.74, 6) is 0.133. The summed E-state index contributed by atoms with van der Waals surface area (Å²) in [6, 6.07) is 5.78. The van der Waals surface area contributed by atoms with Crippen molar-refractivity contribution in [2.24, 2.45) is 0 Å². The SMILES string of the molecule is C=C(CC)CC(=O)c1ccc(C)cc1Br. The lowest BCUT2D eigenvalue weighted by Gasteiger charge is -2.05. The highest BCUT2D eigenvalue weighted by molar-refractivity contribution is 9.10. The Labute approximate surface area is 99.3 Å². The van der Waals surface area contributed by atoms with Crippen LogP contribution in [0.15, 0.2) is 34.8 Å². The maximum Gasteiger partial charge on any atom is 0.168 e. The molecule has 0 N–H and O–H groups in total. The van der Waals surface area contributed by atoms with Crippen molar-refractivity contribution in [3.8, 4) is 0 Å². The van der Waals surface area contributed by atoms with Gasteiger partial charge in [0.2, 0.25) is 0 Å². The summed E-state index contributed by atoms with van der Waals surface area (Å²) in [7, 11) is 0. The van der Waals surface area contributed by atoms with E-state index in [2.05, 4.69) is 22.5 Å². The molecule has 15 heavy (non-hydrogen) atoms. The van der Waals surface area contributed by atoms with E-state index < -0.39 is 0 Å². The number of benzene rings is 1. The topological polar surface area (TPSA) is 17.1 Å². The Morgan fingerprint density at radius 2 is 2.13 bits per heavy atom. The number of allylic oxidation sites excluding steroid dienone is 1. The maximum absolute atomic E-state index is 11.9. The molecule has 1 aromatic rings. The summed E-state index contributed by atoms with van der Waals surface area (Å²) in [5.41, 5.74) is 2.87. The predicted octanol–water partition coefficient (Wildman–Crippen LogP) is 4.30. The van der Waals surface area contributed by atoms with Gasteiger partial charge in [-0.05, 0) is 31.0 Å². The highest BCUT2D eigenvalue weighted by Crippen LogP contribution is 2.21. The van der Waals surface area contributed by atoms with Crippen LogP contribution in [0.2, 0.25) is 0 Å². The molecule has 0 bridgehead atoms. The molecule has 1 aromatic carbocycles. The van der Waals surface area contributed by atoms with E-state index in [1.54, 1.807) is 0 Å². The van der Waals surface area contributed by atoms with Gasteiger partial charge in [0.15, 0.2) is 5.78 Å². The van der Waals surface area contributed by atoms with Crippen LogP contribution < -0.4 is 0 Å². The number of hydrogen-bond acceptors (Lipinski definition) is 1. The second-order valence-corrected chi connectivity index (χ2v) is 4.54. The first-order chi connectivity index (χ1) is 7.04. The standard InChI is InChI=1S/C13H15BrO/c1-4-9(2)8-13(15)11-6-5-10(3)7-12(11)14/h5-7H,2,4,8H2,1,3H3. The Morgan fingerprint density at radius 3 is 2.67 bits per heavy atom. The Kier molecular flexibility index (Phi) is 4.28. The molecular weight excluding hydrogens is 252 g/mol. The van der Waals surface area contributed by atoms with Gasteiger partial charge in [0.1, 0.15) is 0 Å². The van der Waals surface area contributed by atoms with E-state index in [0.717, 1.165) is 27.6 Å². The molecule has 1 nitrogen and oxygen atoms in total. The van der Waals surface area contributed by atoms with Crippen molar-refractivity contribution in [2.45, 2.75) is 26.7 Å². The summed E-state index contributed by atoms with van der Waals surface area (Å²) in [6.45, 7) is 7.87. The maximum atomic E-state index is 11.9. The zero-order valence-corrected chi connectivity index (χ0v) is 10.7. The summed E-state index contributed by atoms with van der Waals surface area (Å²) in [5, 5.41) is 0. The normalized spacial score (nSPS) is 10.1. The molecule has 1 rings (SSSR count). The Hall–Kier alpha value is -0.890. The van der Waals surface area contributed by atoms with Crippen molar-refractivity contribution in [1.29, 1.82) is 0 Å². The molecule has 0 aliphatic heterocycles. The van der Waals surface area contributed by atoms with Crippen LogP contribution in [0.5, 0.6) is 0 Å². The van der Waals surface area contributed by atoms with Crippen molar-refractivity contribution in [2.75, 3.05) is 0 Å². The average Bonchev–Trinajstić information content (AvgIpc) is 2.17. The second-order valence-electron chi connectivity index (χ2n) is 3.69. The molecule has 80 valence electrons. The van der Waals surface area contributed by atoms with Gasteiger partial charge in [-0.3, -0.25) is 4.79 Å². The lowest BCUT2D eigenvalue weighted by atomic mass is 10.0. The summed E-state index contributed by atoms with van der Waals surface area (Å²) >= 11 is 3.41. The highest BCUT2D eigenvalue weighted by atomic mass is 79.9. The fourth-order valence-corrected chi connectivity index (χ4v) is 2.01. The van der Waals surface area contributed by atoms with Gasteiger partial charge in [0.05, 0.1) is 0 Å². The van der Waals surface area contributed by atoms with Crippen LogP contribution in [0.25, 0.3) is 0 Å². The quantitative estimate of drug-likeness (QED) is 0.587. The molecule has 0 amide bonds. The largest absolute Gasteiger partial charge is 0.294 e. The van der Waals surface area contributed by atoms with Crippen molar-refractivity contribution in [3.05, 3.63) is 46.0 Å². The lowest BCUT2D eigenvalue weighted by Crippen LogP contribution is -2.01. The molecule has 0 saturated carbocycles. The van der Waals surface area contributed by atoms with Crippen LogP contribution in [0.4, 0.5) is 0 Å². The monoisotopic (exact) mass is 266 g/mol. The van der Waals surface area contributed by atoms with Gasteiger partial charge < -0.3 is 0 Å². The zero-order valence-electron chi connectivity index (χ0n) is 9.14. The summed E-state index contributed by atoms with van der Waals surface area (Å²) in [4.78, 5) is 11.9. The molecule has 0 atom stereocenters.